The molecule has 0 unspecified atom stereocenters. The van der Waals surface area contributed by atoms with Crippen LogP contribution in [0.25, 0.3) is 0 Å². The minimum absolute atomic E-state index is 0.0321. The number of hydrogen-bond donors (Lipinski definition) is 2. The summed E-state index contributed by atoms with van der Waals surface area (Å²) in [5.74, 6) is -0.955. The number of aromatic nitrogens is 2. The summed E-state index contributed by atoms with van der Waals surface area (Å²) in [4.78, 5) is 37.7. The Balaban J connectivity index is 1.61. The quantitative estimate of drug-likeness (QED) is 0.755. The summed E-state index contributed by atoms with van der Waals surface area (Å²) in [5.41, 5.74) is 5.63. The fourth-order valence-electron chi connectivity index (χ4n) is 2.59. The van der Waals surface area contributed by atoms with E-state index < -0.39 is 5.91 Å². The van der Waals surface area contributed by atoms with Crippen LogP contribution in [0.5, 0.6) is 0 Å². The zero-order chi connectivity index (χ0) is 17.8. The van der Waals surface area contributed by atoms with Gasteiger partial charge in [0.05, 0.1) is 18.0 Å². The van der Waals surface area contributed by atoms with Crippen LogP contribution in [0.3, 0.4) is 0 Å². The van der Waals surface area contributed by atoms with Gasteiger partial charge in [-0.05, 0) is 37.0 Å². The average molecular weight is 362 g/mol. The number of carbonyl (C=O) groups excluding carboxylic acids is 2. The van der Waals surface area contributed by atoms with Crippen molar-refractivity contribution in [2.75, 3.05) is 13.7 Å². The lowest BCUT2D eigenvalue weighted by Crippen LogP contribution is -2.42. The lowest BCUT2D eigenvalue weighted by atomic mass is 10.2. The van der Waals surface area contributed by atoms with Gasteiger partial charge in [-0.15, -0.1) is 11.3 Å². The predicted molar refractivity (Wildman–Crippen MR) is 91.6 cm³/mol. The molecule has 3 rings (SSSR count). The monoisotopic (exact) mass is 362 g/mol. The Morgan fingerprint density at radius 1 is 1.28 bits per heavy atom. The number of aryl methyl sites for hydroxylation is 2. The SMILES string of the molecule is COCCn1nc(C(=O)NNC(=O)c2cc3c(s2)CCC3)ccc1=O. The van der Waals surface area contributed by atoms with E-state index in [1.54, 1.807) is 0 Å². The van der Waals surface area contributed by atoms with Crippen molar-refractivity contribution in [2.24, 2.45) is 0 Å². The molecule has 1 aliphatic rings. The van der Waals surface area contributed by atoms with Crippen LogP contribution in [0.2, 0.25) is 0 Å². The summed E-state index contributed by atoms with van der Waals surface area (Å²) in [6, 6.07) is 4.44. The van der Waals surface area contributed by atoms with Crippen LogP contribution in [0.4, 0.5) is 0 Å². The molecular weight excluding hydrogens is 344 g/mol. The molecule has 0 spiro atoms. The van der Waals surface area contributed by atoms with Crippen molar-refractivity contribution >= 4 is 23.2 Å². The summed E-state index contributed by atoms with van der Waals surface area (Å²) in [5, 5.41) is 3.96. The number of ether oxygens (including phenoxy) is 1. The summed E-state index contributed by atoms with van der Waals surface area (Å²) >= 11 is 1.45. The highest BCUT2D eigenvalue weighted by molar-refractivity contribution is 7.14. The highest BCUT2D eigenvalue weighted by atomic mass is 32.1. The van der Waals surface area contributed by atoms with Crippen molar-refractivity contribution in [3.05, 3.63) is 49.6 Å². The molecule has 0 atom stereocenters. The lowest BCUT2D eigenvalue weighted by Gasteiger charge is -2.08. The molecule has 0 saturated carbocycles. The molecule has 1 aliphatic carbocycles. The average Bonchev–Trinajstić information content (AvgIpc) is 3.20. The summed E-state index contributed by atoms with van der Waals surface area (Å²) < 4.78 is 6.04. The van der Waals surface area contributed by atoms with E-state index in [2.05, 4.69) is 16.0 Å². The zero-order valence-corrected chi connectivity index (χ0v) is 14.5. The van der Waals surface area contributed by atoms with Crippen molar-refractivity contribution in [2.45, 2.75) is 25.8 Å². The maximum atomic E-state index is 12.1. The summed E-state index contributed by atoms with van der Waals surface area (Å²) in [6.45, 7) is 0.543. The second kappa shape index (κ2) is 7.58. The van der Waals surface area contributed by atoms with Gasteiger partial charge in [-0.2, -0.15) is 5.10 Å². The van der Waals surface area contributed by atoms with E-state index in [1.807, 2.05) is 6.07 Å². The van der Waals surface area contributed by atoms with Gasteiger partial charge in [0.2, 0.25) is 0 Å². The normalized spacial score (nSPS) is 12.7. The Labute approximate surface area is 147 Å². The fraction of sp³-hybridized carbons (Fsp3) is 0.375. The number of hydrogen-bond acceptors (Lipinski definition) is 6. The maximum Gasteiger partial charge on any atom is 0.290 e. The van der Waals surface area contributed by atoms with Crippen LogP contribution < -0.4 is 16.4 Å². The van der Waals surface area contributed by atoms with E-state index in [-0.39, 0.29) is 23.7 Å². The Hall–Kier alpha value is -2.52. The van der Waals surface area contributed by atoms with Crippen molar-refractivity contribution < 1.29 is 14.3 Å². The first kappa shape index (κ1) is 17.3. The molecular formula is C16H18N4O4S. The lowest BCUT2D eigenvalue weighted by molar-refractivity contribution is 0.0844. The number of methoxy groups -OCH3 is 1. The molecule has 9 heteroatoms. The molecule has 132 valence electrons. The Morgan fingerprint density at radius 2 is 2.08 bits per heavy atom. The topological polar surface area (TPSA) is 102 Å². The number of fused-ring (bicyclic) bond motifs is 1. The van der Waals surface area contributed by atoms with Gasteiger partial charge in [0, 0.05) is 18.1 Å². The molecule has 0 bridgehead atoms. The number of nitrogens with one attached hydrogen (secondary N) is 2. The molecule has 2 amide bonds. The molecule has 0 saturated heterocycles. The fourth-order valence-corrected chi connectivity index (χ4v) is 3.74. The molecule has 0 radical (unpaired) electrons. The minimum atomic E-state index is -0.594. The molecule has 2 N–H and O–H groups in total. The van der Waals surface area contributed by atoms with Crippen LogP contribution in [-0.2, 0) is 24.1 Å². The molecule has 2 aromatic heterocycles. The van der Waals surface area contributed by atoms with Crippen molar-refractivity contribution in [3.63, 3.8) is 0 Å². The highest BCUT2D eigenvalue weighted by Crippen LogP contribution is 2.30. The number of nitrogens with zero attached hydrogens (tertiary/aromatic N) is 2. The Bertz CT molecular complexity index is 837. The van der Waals surface area contributed by atoms with Crippen molar-refractivity contribution in [1.29, 1.82) is 0 Å². The first-order valence-electron chi connectivity index (χ1n) is 7.88. The molecule has 0 aromatic carbocycles. The number of thiophene rings is 1. The number of carbonyl (C=O) groups is 2. The van der Waals surface area contributed by atoms with Crippen LogP contribution in [-0.4, -0.2) is 35.3 Å². The molecule has 2 heterocycles. The van der Waals surface area contributed by atoms with Crippen LogP contribution >= 0.6 is 11.3 Å². The third kappa shape index (κ3) is 3.94. The van der Waals surface area contributed by atoms with Crippen LogP contribution in [0.15, 0.2) is 23.0 Å². The van der Waals surface area contributed by atoms with E-state index in [0.717, 1.165) is 23.9 Å². The van der Waals surface area contributed by atoms with Crippen LogP contribution in [0.1, 0.15) is 37.0 Å². The minimum Gasteiger partial charge on any atom is -0.383 e. The standard InChI is InChI=1S/C16H18N4O4S/c1-24-8-7-20-14(21)6-5-11(19-20)15(22)17-18-16(23)13-9-10-3-2-4-12(10)25-13/h5-6,9H,2-4,7-8H2,1H3,(H,17,22)(H,18,23). The molecule has 8 nitrogen and oxygen atoms in total. The van der Waals surface area contributed by atoms with Gasteiger partial charge in [-0.1, -0.05) is 0 Å². The number of amides is 2. The van der Waals surface area contributed by atoms with Gasteiger partial charge in [-0.3, -0.25) is 25.2 Å². The van der Waals surface area contributed by atoms with E-state index in [0.29, 0.717) is 11.5 Å². The van der Waals surface area contributed by atoms with Gasteiger partial charge >= 0.3 is 0 Å². The van der Waals surface area contributed by atoms with Gasteiger partial charge in [0.25, 0.3) is 17.4 Å². The summed E-state index contributed by atoms with van der Waals surface area (Å²) in [7, 11) is 1.51. The van der Waals surface area contributed by atoms with E-state index in [4.69, 9.17) is 4.74 Å². The molecule has 0 fully saturated rings. The van der Waals surface area contributed by atoms with Crippen LogP contribution in [0, 0.1) is 0 Å². The highest BCUT2D eigenvalue weighted by Gasteiger charge is 2.19. The second-order valence-electron chi connectivity index (χ2n) is 5.59. The van der Waals surface area contributed by atoms with Crippen molar-refractivity contribution in [3.8, 4) is 0 Å². The largest absolute Gasteiger partial charge is 0.383 e. The van der Waals surface area contributed by atoms with E-state index in [9.17, 15) is 14.4 Å². The zero-order valence-electron chi connectivity index (χ0n) is 13.7. The Morgan fingerprint density at radius 3 is 2.84 bits per heavy atom. The van der Waals surface area contributed by atoms with E-state index in [1.165, 1.54) is 41.0 Å². The van der Waals surface area contributed by atoms with Crippen molar-refractivity contribution in [1.82, 2.24) is 20.6 Å². The maximum absolute atomic E-state index is 12.1. The molecule has 0 aliphatic heterocycles. The third-order valence-electron chi connectivity index (χ3n) is 3.87. The van der Waals surface area contributed by atoms with Gasteiger partial charge in [-0.25, -0.2) is 4.68 Å². The van der Waals surface area contributed by atoms with Gasteiger partial charge in [0.1, 0.15) is 0 Å². The van der Waals surface area contributed by atoms with E-state index >= 15 is 0 Å². The first-order chi connectivity index (χ1) is 12.1. The predicted octanol–water partition coefficient (Wildman–Crippen LogP) is 0.515. The number of hydrazine groups is 1. The second-order valence-corrected chi connectivity index (χ2v) is 6.73. The molecule has 25 heavy (non-hydrogen) atoms. The molecule has 2 aromatic rings. The summed E-state index contributed by atoms with van der Waals surface area (Å²) in [6.07, 6.45) is 3.13. The third-order valence-corrected chi connectivity index (χ3v) is 5.10. The van der Waals surface area contributed by atoms with Gasteiger partial charge < -0.3 is 4.74 Å². The number of rotatable bonds is 5. The smallest absolute Gasteiger partial charge is 0.290 e. The first-order valence-corrected chi connectivity index (χ1v) is 8.69. The Kier molecular flexibility index (Phi) is 5.25. The van der Waals surface area contributed by atoms with Gasteiger partial charge in [0.15, 0.2) is 5.69 Å².